The molecule has 0 aromatic heterocycles. The highest BCUT2D eigenvalue weighted by Gasteiger charge is 2.32. The van der Waals surface area contributed by atoms with Crippen LogP contribution in [-0.2, 0) is 22.6 Å². The maximum atomic E-state index is 13.7. The Balaban J connectivity index is 1.60. The Morgan fingerprint density at radius 2 is 1.50 bits per heavy atom. The first-order valence-corrected chi connectivity index (χ1v) is 12.6. The molecule has 1 aliphatic rings. The Morgan fingerprint density at radius 3 is 2.17 bits per heavy atom. The van der Waals surface area contributed by atoms with Crippen LogP contribution in [0.15, 0.2) is 84.9 Å². The standard InChI is InChI=1S/C30H33FN2O3/c31-25-18-16-24(17-19-25)21-33(29(34)22-36-27-14-8-3-9-15-27)28(20-23-10-4-1-5-11-23)30(35)32-26-12-6-2-7-13-26/h1,3-5,8-11,14-19,26,28H,2,6-7,12-13,20-22H2,(H,32,35)/t28-/m1/s1. The summed E-state index contributed by atoms with van der Waals surface area (Å²) in [5.41, 5.74) is 1.70. The Bertz CT molecular complexity index is 1100. The van der Waals surface area contributed by atoms with E-state index >= 15 is 0 Å². The van der Waals surface area contributed by atoms with E-state index in [1.807, 2.05) is 48.5 Å². The summed E-state index contributed by atoms with van der Waals surface area (Å²) in [7, 11) is 0. The van der Waals surface area contributed by atoms with Crippen LogP contribution in [0, 0.1) is 5.82 Å². The van der Waals surface area contributed by atoms with Crippen molar-refractivity contribution < 1.29 is 18.7 Å². The van der Waals surface area contributed by atoms with Gasteiger partial charge in [0.1, 0.15) is 17.6 Å². The smallest absolute Gasteiger partial charge is 0.261 e. The van der Waals surface area contributed by atoms with Gasteiger partial charge in [0.25, 0.3) is 5.91 Å². The van der Waals surface area contributed by atoms with Gasteiger partial charge in [-0.2, -0.15) is 0 Å². The van der Waals surface area contributed by atoms with Crippen LogP contribution < -0.4 is 10.1 Å². The van der Waals surface area contributed by atoms with Crippen molar-refractivity contribution in [3.05, 3.63) is 102 Å². The number of amides is 2. The summed E-state index contributed by atoms with van der Waals surface area (Å²) in [5.74, 6) is -0.234. The number of hydrogen-bond donors (Lipinski definition) is 1. The monoisotopic (exact) mass is 488 g/mol. The van der Waals surface area contributed by atoms with E-state index in [0.29, 0.717) is 12.2 Å². The average molecular weight is 489 g/mol. The molecule has 0 radical (unpaired) electrons. The molecule has 1 atom stereocenters. The lowest BCUT2D eigenvalue weighted by Crippen LogP contribution is -2.53. The van der Waals surface area contributed by atoms with Gasteiger partial charge < -0.3 is 15.0 Å². The molecule has 0 saturated heterocycles. The van der Waals surface area contributed by atoms with Crippen molar-refractivity contribution in [3.63, 3.8) is 0 Å². The lowest BCUT2D eigenvalue weighted by Gasteiger charge is -2.33. The number of nitrogens with one attached hydrogen (secondary N) is 1. The molecule has 188 valence electrons. The molecule has 3 aromatic carbocycles. The number of ether oxygens (including phenoxy) is 1. The van der Waals surface area contributed by atoms with Crippen LogP contribution in [0.4, 0.5) is 4.39 Å². The number of benzene rings is 3. The highest BCUT2D eigenvalue weighted by Crippen LogP contribution is 2.20. The Hall–Kier alpha value is -3.67. The van der Waals surface area contributed by atoms with Crippen molar-refractivity contribution in [1.82, 2.24) is 10.2 Å². The largest absolute Gasteiger partial charge is 0.484 e. The second-order valence-electron chi connectivity index (χ2n) is 9.30. The third kappa shape index (κ3) is 7.41. The molecule has 0 heterocycles. The van der Waals surface area contributed by atoms with Crippen molar-refractivity contribution >= 4 is 11.8 Å². The summed E-state index contributed by atoms with van der Waals surface area (Å²) in [6, 6.07) is 24.2. The summed E-state index contributed by atoms with van der Waals surface area (Å²) in [6.07, 6.45) is 5.65. The van der Waals surface area contributed by atoms with Gasteiger partial charge in [0.2, 0.25) is 5.91 Å². The van der Waals surface area contributed by atoms with E-state index in [0.717, 1.165) is 36.8 Å². The molecular formula is C30H33FN2O3. The molecule has 1 saturated carbocycles. The van der Waals surface area contributed by atoms with E-state index in [4.69, 9.17) is 4.74 Å². The zero-order valence-electron chi connectivity index (χ0n) is 20.4. The Labute approximate surface area is 212 Å². The molecule has 5 nitrogen and oxygen atoms in total. The molecule has 1 fully saturated rings. The molecule has 4 rings (SSSR count). The van der Waals surface area contributed by atoms with E-state index in [1.54, 1.807) is 29.2 Å². The minimum absolute atomic E-state index is 0.118. The molecule has 2 amide bonds. The summed E-state index contributed by atoms with van der Waals surface area (Å²) in [6.45, 7) is -0.0277. The van der Waals surface area contributed by atoms with Crippen LogP contribution in [0.5, 0.6) is 5.75 Å². The Morgan fingerprint density at radius 1 is 0.861 bits per heavy atom. The van der Waals surface area contributed by atoms with Gasteiger partial charge in [-0.3, -0.25) is 9.59 Å². The fourth-order valence-electron chi connectivity index (χ4n) is 4.63. The Kier molecular flexibility index (Phi) is 9.09. The number of nitrogens with zero attached hydrogens (tertiary/aromatic N) is 1. The maximum Gasteiger partial charge on any atom is 0.261 e. The van der Waals surface area contributed by atoms with Crippen molar-refractivity contribution in [3.8, 4) is 5.75 Å². The topological polar surface area (TPSA) is 58.6 Å². The number of carbonyl (C=O) groups excluding carboxylic acids is 2. The number of carbonyl (C=O) groups is 2. The first kappa shape index (κ1) is 25.4. The summed E-state index contributed by atoms with van der Waals surface area (Å²) < 4.78 is 19.3. The predicted molar refractivity (Wildman–Crippen MR) is 138 cm³/mol. The van der Waals surface area contributed by atoms with Gasteiger partial charge >= 0.3 is 0 Å². The summed E-state index contributed by atoms with van der Waals surface area (Å²) in [4.78, 5) is 28.8. The average Bonchev–Trinajstić information content (AvgIpc) is 2.92. The molecule has 36 heavy (non-hydrogen) atoms. The summed E-state index contributed by atoms with van der Waals surface area (Å²) in [5, 5.41) is 3.21. The van der Waals surface area contributed by atoms with Crippen LogP contribution in [0.2, 0.25) is 0 Å². The van der Waals surface area contributed by atoms with E-state index in [-0.39, 0.29) is 36.8 Å². The molecule has 0 unspecified atom stereocenters. The summed E-state index contributed by atoms with van der Waals surface area (Å²) >= 11 is 0. The second kappa shape index (κ2) is 12.9. The fourth-order valence-corrected chi connectivity index (χ4v) is 4.63. The van der Waals surface area contributed by atoms with Gasteiger partial charge in [0.05, 0.1) is 0 Å². The fraction of sp³-hybridized carbons (Fsp3) is 0.333. The SMILES string of the molecule is O=C(NC1CCCCC1)[C@@H](Cc1ccccc1)N(Cc1ccc(F)cc1)C(=O)COc1ccccc1. The zero-order chi connectivity index (χ0) is 25.2. The van der Waals surface area contributed by atoms with Crippen molar-refractivity contribution in [2.75, 3.05) is 6.61 Å². The number of halogens is 1. The van der Waals surface area contributed by atoms with Crippen LogP contribution in [0.25, 0.3) is 0 Å². The third-order valence-electron chi connectivity index (χ3n) is 6.59. The molecular weight excluding hydrogens is 455 g/mol. The van der Waals surface area contributed by atoms with Gasteiger partial charge in [0.15, 0.2) is 6.61 Å². The van der Waals surface area contributed by atoms with E-state index in [1.165, 1.54) is 18.6 Å². The van der Waals surface area contributed by atoms with Crippen LogP contribution >= 0.6 is 0 Å². The molecule has 1 N–H and O–H groups in total. The van der Waals surface area contributed by atoms with Gasteiger partial charge in [-0.25, -0.2) is 4.39 Å². The van der Waals surface area contributed by atoms with Gasteiger partial charge in [-0.1, -0.05) is 79.9 Å². The van der Waals surface area contributed by atoms with Crippen LogP contribution in [-0.4, -0.2) is 35.4 Å². The second-order valence-corrected chi connectivity index (χ2v) is 9.30. The highest BCUT2D eigenvalue weighted by molar-refractivity contribution is 5.88. The molecule has 0 bridgehead atoms. The van der Waals surface area contributed by atoms with Crippen LogP contribution in [0.1, 0.15) is 43.2 Å². The number of para-hydroxylation sites is 1. The molecule has 6 heteroatoms. The number of hydrogen-bond acceptors (Lipinski definition) is 3. The minimum Gasteiger partial charge on any atom is -0.484 e. The third-order valence-corrected chi connectivity index (χ3v) is 6.59. The lowest BCUT2D eigenvalue weighted by atomic mass is 9.94. The highest BCUT2D eigenvalue weighted by atomic mass is 19.1. The quantitative estimate of drug-likeness (QED) is 0.422. The first-order chi connectivity index (χ1) is 17.6. The van der Waals surface area contributed by atoms with E-state index in [2.05, 4.69) is 5.32 Å². The first-order valence-electron chi connectivity index (χ1n) is 12.6. The maximum absolute atomic E-state index is 13.7. The molecule has 3 aromatic rings. The lowest BCUT2D eigenvalue weighted by molar-refractivity contribution is -0.143. The van der Waals surface area contributed by atoms with Crippen LogP contribution in [0.3, 0.4) is 0 Å². The van der Waals surface area contributed by atoms with Crippen molar-refractivity contribution in [1.29, 1.82) is 0 Å². The normalized spacial score (nSPS) is 14.6. The molecule has 0 spiro atoms. The van der Waals surface area contributed by atoms with E-state index < -0.39 is 6.04 Å². The molecule has 1 aliphatic carbocycles. The predicted octanol–water partition coefficient (Wildman–Crippen LogP) is 5.29. The van der Waals surface area contributed by atoms with Gasteiger partial charge in [0, 0.05) is 19.0 Å². The van der Waals surface area contributed by atoms with Gasteiger partial charge in [-0.05, 0) is 48.2 Å². The zero-order valence-corrected chi connectivity index (χ0v) is 20.4. The van der Waals surface area contributed by atoms with E-state index in [9.17, 15) is 14.0 Å². The number of rotatable bonds is 10. The molecule has 0 aliphatic heterocycles. The van der Waals surface area contributed by atoms with Gasteiger partial charge in [-0.15, -0.1) is 0 Å². The minimum atomic E-state index is -0.730. The van der Waals surface area contributed by atoms with Crippen molar-refractivity contribution in [2.24, 2.45) is 0 Å². The van der Waals surface area contributed by atoms with Crippen molar-refractivity contribution in [2.45, 2.75) is 57.2 Å².